The van der Waals surface area contributed by atoms with Crippen molar-refractivity contribution in [3.63, 3.8) is 0 Å². The van der Waals surface area contributed by atoms with Crippen LogP contribution >= 0.6 is 0 Å². The Kier molecular flexibility index (Phi) is 6.56. The van der Waals surface area contributed by atoms with Crippen molar-refractivity contribution in [1.82, 2.24) is 9.62 Å². The zero-order valence-corrected chi connectivity index (χ0v) is 16.5. The molecule has 0 aliphatic carbocycles. The van der Waals surface area contributed by atoms with E-state index in [9.17, 15) is 13.2 Å². The summed E-state index contributed by atoms with van der Waals surface area (Å²) >= 11 is 0. The highest BCUT2D eigenvalue weighted by atomic mass is 32.2. The second-order valence-electron chi connectivity index (χ2n) is 6.45. The Morgan fingerprint density at radius 1 is 1.08 bits per heavy atom. The van der Waals surface area contributed by atoms with Crippen molar-refractivity contribution in [3.8, 4) is 0 Å². The molecule has 0 fully saturated rings. The van der Waals surface area contributed by atoms with Gasteiger partial charge >= 0.3 is 0 Å². The van der Waals surface area contributed by atoms with Crippen LogP contribution in [-0.4, -0.2) is 32.2 Å². The van der Waals surface area contributed by atoms with E-state index in [-0.39, 0.29) is 23.4 Å². The lowest BCUT2D eigenvalue weighted by atomic mass is 9.99. The molecule has 2 rings (SSSR count). The van der Waals surface area contributed by atoms with E-state index in [0.29, 0.717) is 0 Å². The Morgan fingerprint density at radius 2 is 1.73 bits per heavy atom. The molecular weight excluding hydrogens is 348 g/mol. The van der Waals surface area contributed by atoms with Crippen LogP contribution < -0.4 is 5.32 Å². The first-order valence-electron chi connectivity index (χ1n) is 8.63. The number of nitrogens with one attached hydrogen (secondary N) is 1. The van der Waals surface area contributed by atoms with E-state index >= 15 is 0 Å². The third kappa shape index (κ3) is 4.71. The topological polar surface area (TPSA) is 66.5 Å². The number of hydrogen-bond donors (Lipinski definition) is 1. The standard InChI is InChI=1S/C20H26N2O3S/c1-5-19(17-12-11-15(2)16(3)13-17)21-20(23)14-22(4)26(24,25)18-9-7-6-8-10-18/h6-13,19H,5,14H2,1-4H3,(H,21,23)/t19-/m1/s1. The summed E-state index contributed by atoms with van der Waals surface area (Å²) in [4.78, 5) is 12.6. The Bertz CT molecular complexity index is 864. The molecule has 140 valence electrons. The molecule has 0 heterocycles. The molecule has 2 aromatic carbocycles. The summed E-state index contributed by atoms with van der Waals surface area (Å²) in [6.07, 6.45) is 0.726. The number of likely N-dealkylation sites (N-methyl/N-ethyl adjacent to an activating group) is 1. The summed E-state index contributed by atoms with van der Waals surface area (Å²) in [5.41, 5.74) is 3.39. The molecule has 1 atom stereocenters. The summed E-state index contributed by atoms with van der Waals surface area (Å²) in [6.45, 7) is 5.85. The van der Waals surface area contributed by atoms with Gasteiger partial charge in [-0.2, -0.15) is 4.31 Å². The lowest BCUT2D eigenvalue weighted by molar-refractivity contribution is -0.121. The first-order chi connectivity index (χ1) is 12.3. The van der Waals surface area contributed by atoms with Gasteiger partial charge in [-0.3, -0.25) is 4.79 Å². The van der Waals surface area contributed by atoms with E-state index < -0.39 is 10.0 Å². The van der Waals surface area contributed by atoms with Gasteiger partial charge in [0.1, 0.15) is 0 Å². The highest BCUT2D eigenvalue weighted by molar-refractivity contribution is 7.89. The number of aryl methyl sites for hydroxylation is 2. The van der Waals surface area contributed by atoms with Crippen molar-refractivity contribution in [1.29, 1.82) is 0 Å². The van der Waals surface area contributed by atoms with Gasteiger partial charge in [0.05, 0.1) is 17.5 Å². The van der Waals surface area contributed by atoms with Crippen molar-refractivity contribution >= 4 is 15.9 Å². The molecule has 0 bridgehead atoms. The molecule has 26 heavy (non-hydrogen) atoms. The lowest BCUT2D eigenvalue weighted by Gasteiger charge is -2.21. The Labute approximate surface area is 156 Å². The normalized spacial score (nSPS) is 12.8. The second kappa shape index (κ2) is 8.47. The molecule has 1 amide bonds. The van der Waals surface area contributed by atoms with E-state index in [2.05, 4.69) is 11.4 Å². The quantitative estimate of drug-likeness (QED) is 0.809. The fraction of sp³-hybridized carbons (Fsp3) is 0.350. The number of carbonyl (C=O) groups is 1. The minimum atomic E-state index is -3.68. The zero-order chi connectivity index (χ0) is 19.3. The molecule has 2 aromatic rings. The molecule has 1 N–H and O–H groups in total. The smallest absolute Gasteiger partial charge is 0.243 e. The number of carbonyl (C=O) groups excluding carboxylic acids is 1. The minimum absolute atomic E-state index is 0.144. The van der Waals surface area contributed by atoms with E-state index in [4.69, 9.17) is 0 Å². The second-order valence-corrected chi connectivity index (χ2v) is 8.49. The fourth-order valence-corrected chi connectivity index (χ4v) is 3.85. The van der Waals surface area contributed by atoms with Crippen LogP contribution in [0.2, 0.25) is 0 Å². The number of sulfonamides is 1. The van der Waals surface area contributed by atoms with Crippen LogP contribution in [0.15, 0.2) is 53.4 Å². The molecular formula is C20H26N2O3S. The van der Waals surface area contributed by atoms with Crippen LogP contribution in [0.1, 0.15) is 36.1 Å². The highest BCUT2D eigenvalue weighted by Gasteiger charge is 2.23. The van der Waals surface area contributed by atoms with Crippen LogP contribution in [-0.2, 0) is 14.8 Å². The van der Waals surface area contributed by atoms with E-state index in [1.54, 1.807) is 18.2 Å². The van der Waals surface area contributed by atoms with Gasteiger partial charge in [-0.1, -0.05) is 43.3 Å². The van der Waals surface area contributed by atoms with Crippen LogP contribution in [0.5, 0.6) is 0 Å². The first kappa shape index (κ1) is 20.1. The predicted octanol–water partition coefficient (Wildman–Crippen LogP) is 3.19. The molecule has 0 aliphatic rings. The van der Waals surface area contributed by atoms with Crippen molar-refractivity contribution in [3.05, 3.63) is 65.2 Å². The maximum Gasteiger partial charge on any atom is 0.243 e. The fourth-order valence-electron chi connectivity index (χ4n) is 2.70. The number of nitrogens with zero attached hydrogens (tertiary/aromatic N) is 1. The molecule has 0 aliphatic heterocycles. The maximum absolute atomic E-state index is 12.5. The van der Waals surface area contributed by atoms with Gasteiger partial charge in [0, 0.05) is 7.05 Å². The molecule has 0 unspecified atom stereocenters. The average Bonchev–Trinajstić information content (AvgIpc) is 2.62. The average molecular weight is 375 g/mol. The summed E-state index contributed by atoms with van der Waals surface area (Å²) in [7, 11) is -2.27. The van der Waals surface area contributed by atoms with Crippen molar-refractivity contribution in [2.24, 2.45) is 0 Å². The van der Waals surface area contributed by atoms with Gasteiger partial charge in [-0.15, -0.1) is 0 Å². The summed E-state index contributed by atoms with van der Waals surface area (Å²) in [5, 5.41) is 2.94. The van der Waals surface area contributed by atoms with E-state index in [0.717, 1.165) is 16.3 Å². The predicted molar refractivity (Wildman–Crippen MR) is 103 cm³/mol. The van der Waals surface area contributed by atoms with E-state index in [1.165, 1.54) is 30.3 Å². The molecule has 0 aromatic heterocycles. The Balaban J connectivity index is 2.07. The van der Waals surface area contributed by atoms with Crippen molar-refractivity contribution < 1.29 is 13.2 Å². The van der Waals surface area contributed by atoms with Crippen molar-refractivity contribution in [2.75, 3.05) is 13.6 Å². The highest BCUT2D eigenvalue weighted by Crippen LogP contribution is 2.20. The molecule has 5 nitrogen and oxygen atoms in total. The molecule has 0 saturated heterocycles. The zero-order valence-electron chi connectivity index (χ0n) is 15.7. The molecule has 6 heteroatoms. The summed E-state index contributed by atoms with van der Waals surface area (Å²) < 4.78 is 26.1. The van der Waals surface area contributed by atoms with Gasteiger partial charge < -0.3 is 5.32 Å². The first-order valence-corrected chi connectivity index (χ1v) is 10.1. The third-order valence-corrected chi connectivity index (χ3v) is 6.31. The minimum Gasteiger partial charge on any atom is -0.348 e. The lowest BCUT2D eigenvalue weighted by Crippen LogP contribution is -2.39. The molecule has 0 radical (unpaired) electrons. The maximum atomic E-state index is 12.5. The molecule has 0 spiro atoms. The third-order valence-electron chi connectivity index (χ3n) is 4.49. The van der Waals surface area contributed by atoms with Crippen LogP contribution in [0, 0.1) is 13.8 Å². The number of hydrogen-bond acceptors (Lipinski definition) is 3. The van der Waals surface area contributed by atoms with Crippen molar-refractivity contribution in [2.45, 2.75) is 38.1 Å². The van der Waals surface area contributed by atoms with Crippen LogP contribution in [0.3, 0.4) is 0 Å². The van der Waals surface area contributed by atoms with E-state index in [1.807, 2.05) is 32.9 Å². The van der Waals surface area contributed by atoms with Gasteiger partial charge in [-0.05, 0) is 49.1 Å². The van der Waals surface area contributed by atoms with Gasteiger partial charge in [-0.25, -0.2) is 8.42 Å². The number of amides is 1. The molecule has 0 saturated carbocycles. The summed E-state index contributed by atoms with van der Waals surface area (Å²) in [6, 6.07) is 14.1. The van der Waals surface area contributed by atoms with Gasteiger partial charge in [0.2, 0.25) is 15.9 Å². The van der Waals surface area contributed by atoms with Crippen LogP contribution in [0.4, 0.5) is 0 Å². The number of rotatable bonds is 7. The van der Waals surface area contributed by atoms with Gasteiger partial charge in [0.25, 0.3) is 0 Å². The van der Waals surface area contributed by atoms with Crippen LogP contribution in [0.25, 0.3) is 0 Å². The Hall–Kier alpha value is -2.18. The summed E-state index contributed by atoms with van der Waals surface area (Å²) in [5.74, 6) is -0.322. The Morgan fingerprint density at radius 3 is 2.31 bits per heavy atom. The largest absolute Gasteiger partial charge is 0.348 e. The SMILES string of the molecule is CC[C@@H](NC(=O)CN(C)S(=O)(=O)c1ccccc1)c1ccc(C)c(C)c1. The number of benzene rings is 2. The van der Waals surface area contributed by atoms with Gasteiger partial charge in [0.15, 0.2) is 0 Å². The monoisotopic (exact) mass is 374 g/mol.